The van der Waals surface area contributed by atoms with Crippen LogP contribution in [0.4, 0.5) is 5.00 Å². The van der Waals surface area contributed by atoms with Crippen molar-refractivity contribution in [2.24, 2.45) is 0 Å². The minimum atomic E-state index is -4.15. The highest BCUT2D eigenvalue weighted by Crippen LogP contribution is 2.39. The lowest BCUT2D eigenvalue weighted by Gasteiger charge is -2.38. The molecule has 0 bridgehead atoms. The smallest absolute Gasteiger partial charge is 0.341 e. The van der Waals surface area contributed by atoms with E-state index in [1.807, 2.05) is 0 Å². The number of fused-ring (bicyclic) bond motifs is 1. The molecule has 1 amide bonds. The van der Waals surface area contributed by atoms with Gasteiger partial charge < -0.3 is 10.1 Å². The maximum atomic E-state index is 13.9. The van der Waals surface area contributed by atoms with Crippen molar-refractivity contribution in [2.75, 3.05) is 32.1 Å². The van der Waals surface area contributed by atoms with Crippen molar-refractivity contribution in [3.8, 4) is 0 Å². The van der Waals surface area contributed by atoms with Gasteiger partial charge in [-0.05, 0) is 55.5 Å². The molecule has 5 rings (SSSR count). The number of thiophene rings is 1. The van der Waals surface area contributed by atoms with Crippen molar-refractivity contribution in [1.82, 2.24) is 8.61 Å². The SMILES string of the molecule is COC(=O)c1c(NC(=O)[C@H]2CN(S(=O)(=O)c3ccccc3)CCN2S(=O)(=O)c2ccccc2)sc2c1CCCC2. The fourth-order valence-electron chi connectivity index (χ4n) is 5.10. The van der Waals surface area contributed by atoms with Crippen LogP contribution in [0.15, 0.2) is 70.5 Å². The van der Waals surface area contributed by atoms with Gasteiger partial charge in [-0.3, -0.25) is 4.79 Å². The molecule has 1 saturated heterocycles. The van der Waals surface area contributed by atoms with Gasteiger partial charge in [0.25, 0.3) is 0 Å². The van der Waals surface area contributed by atoms with Gasteiger partial charge in [0, 0.05) is 24.5 Å². The van der Waals surface area contributed by atoms with E-state index >= 15 is 0 Å². The van der Waals surface area contributed by atoms with Gasteiger partial charge in [0.2, 0.25) is 26.0 Å². The molecule has 10 nitrogen and oxygen atoms in total. The molecule has 1 N–H and O–H groups in total. The second kappa shape index (κ2) is 11.4. The van der Waals surface area contributed by atoms with Crippen molar-refractivity contribution < 1.29 is 31.2 Å². The summed E-state index contributed by atoms with van der Waals surface area (Å²) < 4.78 is 61.3. The maximum Gasteiger partial charge on any atom is 0.341 e. The van der Waals surface area contributed by atoms with Crippen LogP contribution in [0.25, 0.3) is 0 Å². The zero-order valence-corrected chi connectivity index (χ0v) is 24.2. The number of aryl methyl sites for hydroxylation is 1. The van der Waals surface area contributed by atoms with Crippen molar-refractivity contribution in [3.05, 3.63) is 76.7 Å². The Labute approximate surface area is 237 Å². The largest absolute Gasteiger partial charge is 0.465 e. The number of carbonyl (C=O) groups excluding carboxylic acids is 2. The van der Waals surface area contributed by atoms with Gasteiger partial charge >= 0.3 is 5.97 Å². The van der Waals surface area contributed by atoms with E-state index in [-0.39, 0.29) is 33.4 Å². The third kappa shape index (κ3) is 5.31. The zero-order chi connectivity index (χ0) is 28.5. The third-order valence-corrected chi connectivity index (χ3v) is 12.1. The molecule has 40 heavy (non-hydrogen) atoms. The van der Waals surface area contributed by atoms with E-state index in [1.54, 1.807) is 36.4 Å². The van der Waals surface area contributed by atoms with Crippen LogP contribution in [0.3, 0.4) is 0 Å². The quantitative estimate of drug-likeness (QED) is 0.411. The van der Waals surface area contributed by atoms with Crippen molar-refractivity contribution >= 4 is 48.3 Å². The molecule has 3 aromatic rings. The average Bonchev–Trinajstić information content (AvgIpc) is 3.35. The molecule has 0 spiro atoms. The van der Waals surface area contributed by atoms with Crippen LogP contribution >= 0.6 is 11.3 Å². The monoisotopic (exact) mass is 603 g/mol. The Morgan fingerprint density at radius 3 is 2.10 bits per heavy atom. The molecule has 1 fully saturated rings. The van der Waals surface area contributed by atoms with E-state index in [2.05, 4.69) is 5.32 Å². The first-order valence-corrected chi connectivity index (χ1v) is 16.5. The average molecular weight is 604 g/mol. The Morgan fingerprint density at radius 1 is 0.875 bits per heavy atom. The number of nitrogens with zero attached hydrogens (tertiary/aromatic N) is 2. The second-order valence-electron chi connectivity index (χ2n) is 9.52. The number of esters is 1. The molecule has 2 aliphatic rings. The molecule has 1 atom stereocenters. The first-order valence-electron chi connectivity index (χ1n) is 12.8. The molecular formula is C27H29N3O7S3. The number of nitrogens with one attached hydrogen (secondary N) is 1. The highest BCUT2D eigenvalue weighted by atomic mass is 32.2. The van der Waals surface area contributed by atoms with Crippen LogP contribution in [0.5, 0.6) is 0 Å². The topological polar surface area (TPSA) is 130 Å². The molecular weight excluding hydrogens is 575 g/mol. The van der Waals surface area contributed by atoms with Crippen molar-refractivity contribution in [3.63, 3.8) is 0 Å². The first-order chi connectivity index (χ1) is 19.1. The van der Waals surface area contributed by atoms with E-state index in [4.69, 9.17) is 4.74 Å². The van der Waals surface area contributed by atoms with Crippen LogP contribution in [-0.2, 0) is 42.4 Å². The fourth-order valence-corrected chi connectivity index (χ4v) is 9.43. The summed E-state index contributed by atoms with van der Waals surface area (Å²) in [6.45, 7) is -0.756. The summed E-state index contributed by atoms with van der Waals surface area (Å²) in [5.41, 5.74) is 1.11. The highest BCUT2D eigenvalue weighted by molar-refractivity contribution is 7.89. The number of hydrogen-bond donors (Lipinski definition) is 1. The summed E-state index contributed by atoms with van der Waals surface area (Å²) in [6, 6.07) is 14.1. The molecule has 2 aromatic carbocycles. The molecule has 13 heteroatoms. The highest BCUT2D eigenvalue weighted by Gasteiger charge is 2.44. The van der Waals surface area contributed by atoms with Crippen LogP contribution in [0, 0.1) is 0 Å². The summed E-state index contributed by atoms with van der Waals surface area (Å²) >= 11 is 1.27. The van der Waals surface area contributed by atoms with E-state index in [0.717, 1.165) is 38.3 Å². The van der Waals surface area contributed by atoms with E-state index in [0.29, 0.717) is 6.42 Å². The van der Waals surface area contributed by atoms with Gasteiger partial charge in [-0.1, -0.05) is 36.4 Å². The van der Waals surface area contributed by atoms with Crippen LogP contribution < -0.4 is 5.32 Å². The Morgan fingerprint density at radius 2 is 1.48 bits per heavy atom. The van der Waals surface area contributed by atoms with Crippen molar-refractivity contribution in [1.29, 1.82) is 0 Å². The lowest BCUT2D eigenvalue weighted by atomic mass is 9.95. The van der Waals surface area contributed by atoms with Gasteiger partial charge in [-0.25, -0.2) is 21.6 Å². The summed E-state index contributed by atoms with van der Waals surface area (Å²) in [7, 11) is -6.89. The van der Waals surface area contributed by atoms with Gasteiger partial charge in [0.1, 0.15) is 11.0 Å². The minimum absolute atomic E-state index is 0.00555. The number of amides is 1. The van der Waals surface area contributed by atoms with E-state index in [1.165, 1.54) is 42.7 Å². The van der Waals surface area contributed by atoms with Gasteiger partial charge in [-0.2, -0.15) is 8.61 Å². The molecule has 1 aromatic heterocycles. The number of rotatable bonds is 7. The Kier molecular flexibility index (Phi) is 8.11. The molecule has 2 heterocycles. The fraction of sp³-hybridized carbons (Fsp3) is 0.333. The molecule has 1 aliphatic heterocycles. The predicted octanol–water partition coefficient (Wildman–Crippen LogP) is 3.12. The van der Waals surface area contributed by atoms with E-state index < -0.39 is 44.5 Å². The summed E-state index contributed by atoms with van der Waals surface area (Å²) in [4.78, 5) is 27.6. The number of piperazine rings is 1. The number of methoxy groups -OCH3 is 1. The maximum absolute atomic E-state index is 13.9. The predicted molar refractivity (Wildman–Crippen MR) is 150 cm³/mol. The van der Waals surface area contributed by atoms with E-state index in [9.17, 15) is 26.4 Å². The number of benzene rings is 2. The van der Waals surface area contributed by atoms with Crippen LogP contribution in [0.1, 0.15) is 33.6 Å². The second-order valence-corrected chi connectivity index (χ2v) is 14.5. The standard InChI is InChI=1S/C27H29N3O7S3/c1-37-27(32)24-21-14-8-9-15-23(21)38-26(24)28-25(31)22-18-29(39(33,34)19-10-4-2-5-11-19)16-17-30(22)40(35,36)20-12-6-3-7-13-20/h2-7,10-13,22H,8-9,14-18H2,1H3,(H,28,31)/t22-/m1/s1. The minimum Gasteiger partial charge on any atom is -0.465 e. The number of sulfonamides is 2. The van der Waals surface area contributed by atoms with Gasteiger partial charge in [0.15, 0.2) is 0 Å². The van der Waals surface area contributed by atoms with Gasteiger partial charge in [-0.15, -0.1) is 11.3 Å². The number of anilines is 1. The molecule has 0 unspecified atom stereocenters. The third-order valence-electron chi connectivity index (χ3n) is 7.12. The Hall–Kier alpha value is -3.10. The Bertz CT molecular complexity index is 1620. The zero-order valence-electron chi connectivity index (χ0n) is 21.8. The van der Waals surface area contributed by atoms with Gasteiger partial charge in [0.05, 0.1) is 22.5 Å². The lowest BCUT2D eigenvalue weighted by molar-refractivity contribution is -0.120. The summed E-state index contributed by atoms with van der Waals surface area (Å²) in [5, 5.41) is 3.05. The van der Waals surface area contributed by atoms with Crippen molar-refractivity contribution in [2.45, 2.75) is 41.5 Å². The number of ether oxygens (including phenoxy) is 1. The molecule has 0 radical (unpaired) electrons. The molecule has 212 valence electrons. The molecule has 0 saturated carbocycles. The van der Waals surface area contributed by atoms with Crippen LogP contribution in [-0.4, -0.2) is 70.1 Å². The Balaban J connectivity index is 1.52. The summed E-state index contributed by atoms with van der Waals surface area (Å²) in [5.74, 6) is -1.31. The number of carbonyl (C=O) groups is 2. The first kappa shape index (κ1) is 28.4. The lowest BCUT2D eigenvalue weighted by Crippen LogP contribution is -2.60. The summed E-state index contributed by atoms with van der Waals surface area (Å²) in [6.07, 6.45) is 3.30. The molecule has 1 aliphatic carbocycles. The number of hydrogen-bond acceptors (Lipinski definition) is 8. The normalized spacial score (nSPS) is 18.6. The van der Waals surface area contributed by atoms with Crippen LogP contribution in [0.2, 0.25) is 0 Å².